The van der Waals surface area contributed by atoms with Crippen LogP contribution in [0.5, 0.6) is 11.5 Å². The van der Waals surface area contributed by atoms with Gasteiger partial charge in [-0.2, -0.15) is 0 Å². The van der Waals surface area contributed by atoms with Crippen LogP contribution in [0.25, 0.3) is 0 Å². The van der Waals surface area contributed by atoms with Gasteiger partial charge in [0.15, 0.2) is 11.5 Å². The van der Waals surface area contributed by atoms with E-state index in [-0.39, 0.29) is 17.7 Å². The second-order valence-corrected chi connectivity index (χ2v) is 6.12. The smallest absolute Gasteiger partial charge is 0.237 e. The van der Waals surface area contributed by atoms with E-state index < -0.39 is 0 Å². The first-order valence-electron chi connectivity index (χ1n) is 8.09. The van der Waals surface area contributed by atoms with E-state index in [0.29, 0.717) is 32.1 Å². The van der Waals surface area contributed by atoms with Crippen LogP contribution in [0.2, 0.25) is 0 Å². The lowest BCUT2D eigenvalue weighted by atomic mass is 9.92. The Morgan fingerprint density at radius 2 is 2.09 bits per heavy atom. The van der Waals surface area contributed by atoms with Crippen molar-refractivity contribution in [2.75, 3.05) is 46.5 Å². The van der Waals surface area contributed by atoms with E-state index in [2.05, 4.69) is 4.90 Å². The van der Waals surface area contributed by atoms with Crippen molar-refractivity contribution in [2.24, 2.45) is 0 Å². The summed E-state index contributed by atoms with van der Waals surface area (Å²) in [5, 5.41) is 9.92. The number of morpholine rings is 1. The number of fused-ring (bicyclic) bond motifs is 1. The Bertz CT molecular complexity index is 584. The molecule has 1 aromatic rings. The van der Waals surface area contributed by atoms with Crippen LogP contribution in [0.3, 0.4) is 0 Å². The summed E-state index contributed by atoms with van der Waals surface area (Å²) < 4.78 is 10.5. The Labute approximate surface area is 136 Å². The lowest BCUT2D eigenvalue weighted by Crippen LogP contribution is -2.47. The molecule has 1 fully saturated rings. The Morgan fingerprint density at radius 3 is 2.78 bits per heavy atom. The van der Waals surface area contributed by atoms with Crippen LogP contribution in [0.4, 0.5) is 0 Å². The van der Waals surface area contributed by atoms with Crippen LogP contribution in [0.15, 0.2) is 12.1 Å². The molecule has 1 amide bonds. The second kappa shape index (κ2) is 6.76. The van der Waals surface area contributed by atoms with Gasteiger partial charge in [-0.15, -0.1) is 0 Å². The highest BCUT2D eigenvalue weighted by Crippen LogP contribution is 2.37. The Balaban J connectivity index is 1.74. The summed E-state index contributed by atoms with van der Waals surface area (Å²) in [5.41, 5.74) is 2.15. The summed E-state index contributed by atoms with van der Waals surface area (Å²) in [4.78, 5) is 16.7. The van der Waals surface area contributed by atoms with E-state index in [9.17, 15) is 9.90 Å². The first kappa shape index (κ1) is 16.1. The highest BCUT2D eigenvalue weighted by Gasteiger charge is 2.29. The lowest BCUT2D eigenvalue weighted by molar-refractivity contribution is -0.136. The Hall–Kier alpha value is -1.79. The molecule has 0 aliphatic carbocycles. The monoisotopic (exact) mass is 320 g/mol. The van der Waals surface area contributed by atoms with Gasteiger partial charge in [-0.3, -0.25) is 9.69 Å². The molecule has 0 saturated carbocycles. The molecule has 0 radical (unpaired) electrons. The summed E-state index contributed by atoms with van der Waals surface area (Å²) in [6.07, 6.45) is 0.756. The molecule has 0 unspecified atom stereocenters. The number of rotatable bonds is 3. The van der Waals surface area contributed by atoms with Crippen LogP contribution in [0, 0.1) is 0 Å². The molecule has 0 spiro atoms. The molecule has 2 heterocycles. The zero-order valence-corrected chi connectivity index (χ0v) is 13.7. The van der Waals surface area contributed by atoms with Gasteiger partial charge in [0.1, 0.15) is 0 Å². The molecule has 1 atom stereocenters. The Morgan fingerprint density at radius 1 is 1.35 bits per heavy atom. The van der Waals surface area contributed by atoms with Crippen molar-refractivity contribution in [3.63, 3.8) is 0 Å². The molecule has 1 saturated heterocycles. The minimum absolute atomic E-state index is 0.0122. The van der Waals surface area contributed by atoms with Crippen molar-refractivity contribution in [1.29, 1.82) is 0 Å². The topological polar surface area (TPSA) is 62.2 Å². The van der Waals surface area contributed by atoms with Gasteiger partial charge in [0.25, 0.3) is 0 Å². The van der Waals surface area contributed by atoms with Crippen LogP contribution in [-0.2, 0) is 16.0 Å². The second-order valence-electron chi connectivity index (χ2n) is 6.12. The maximum absolute atomic E-state index is 12.7. The van der Waals surface area contributed by atoms with Crippen LogP contribution in [0.1, 0.15) is 24.1 Å². The minimum atomic E-state index is -0.0122. The van der Waals surface area contributed by atoms with Gasteiger partial charge in [-0.25, -0.2) is 0 Å². The third kappa shape index (κ3) is 3.28. The number of methoxy groups -OCH3 is 1. The average Bonchev–Trinajstić information content (AvgIpc) is 2.55. The van der Waals surface area contributed by atoms with Gasteiger partial charge in [-0.05, 0) is 36.6 Å². The molecule has 0 bridgehead atoms. The van der Waals surface area contributed by atoms with Gasteiger partial charge < -0.3 is 19.5 Å². The maximum atomic E-state index is 12.7. The van der Waals surface area contributed by atoms with E-state index in [4.69, 9.17) is 9.47 Å². The largest absolute Gasteiger partial charge is 0.504 e. The standard InChI is InChI=1S/C17H24N2O4/c1-12-14-10-16(22-2)15(20)9-13(14)3-4-19(12)17(21)11-18-5-7-23-8-6-18/h9-10,12,20H,3-8,11H2,1-2H3/t12-/m1/s1. The van der Waals surface area contributed by atoms with E-state index >= 15 is 0 Å². The van der Waals surface area contributed by atoms with Gasteiger partial charge in [0, 0.05) is 19.6 Å². The highest BCUT2D eigenvalue weighted by atomic mass is 16.5. The molecule has 2 aliphatic rings. The number of amides is 1. The first-order chi connectivity index (χ1) is 11.1. The van der Waals surface area contributed by atoms with Gasteiger partial charge >= 0.3 is 0 Å². The summed E-state index contributed by atoms with van der Waals surface area (Å²) >= 11 is 0. The number of nitrogens with zero attached hydrogens (tertiary/aromatic N) is 2. The fraction of sp³-hybridized carbons (Fsp3) is 0.588. The SMILES string of the molecule is COc1cc2c(cc1O)CCN(C(=O)CN1CCOCC1)[C@@H]2C. The number of carbonyl (C=O) groups excluding carboxylic acids is 1. The van der Waals surface area contributed by atoms with Crippen molar-refractivity contribution in [3.05, 3.63) is 23.3 Å². The van der Waals surface area contributed by atoms with Gasteiger partial charge in [0.05, 0.1) is 32.9 Å². The minimum Gasteiger partial charge on any atom is -0.504 e. The molecule has 2 aliphatic heterocycles. The number of hydrogen-bond acceptors (Lipinski definition) is 5. The third-order valence-electron chi connectivity index (χ3n) is 4.76. The van der Waals surface area contributed by atoms with Crippen molar-refractivity contribution in [2.45, 2.75) is 19.4 Å². The summed E-state index contributed by atoms with van der Waals surface area (Å²) in [6.45, 7) is 6.18. The number of benzene rings is 1. The van der Waals surface area contributed by atoms with Crippen molar-refractivity contribution in [1.82, 2.24) is 9.80 Å². The predicted octanol–water partition coefficient (Wildman–Crippen LogP) is 1.18. The Kier molecular flexibility index (Phi) is 4.73. The van der Waals surface area contributed by atoms with E-state index in [1.165, 1.54) is 7.11 Å². The third-order valence-corrected chi connectivity index (χ3v) is 4.76. The number of phenolic OH excluding ortho intramolecular Hbond substituents is 1. The molecular formula is C17H24N2O4. The molecule has 1 N–H and O–H groups in total. The molecule has 6 heteroatoms. The normalized spacial score (nSPS) is 21.8. The quantitative estimate of drug-likeness (QED) is 0.906. The van der Waals surface area contributed by atoms with Crippen molar-refractivity contribution < 1.29 is 19.4 Å². The van der Waals surface area contributed by atoms with E-state index in [0.717, 1.165) is 30.6 Å². The van der Waals surface area contributed by atoms with E-state index in [1.807, 2.05) is 17.9 Å². The predicted molar refractivity (Wildman–Crippen MR) is 85.7 cm³/mol. The van der Waals surface area contributed by atoms with Crippen LogP contribution in [-0.4, -0.2) is 67.3 Å². The average molecular weight is 320 g/mol. The van der Waals surface area contributed by atoms with E-state index in [1.54, 1.807) is 6.07 Å². The number of aromatic hydroxyl groups is 1. The van der Waals surface area contributed by atoms with Gasteiger partial charge in [-0.1, -0.05) is 0 Å². The van der Waals surface area contributed by atoms with Crippen molar-refractivity contribution >= 4 is 5.91 Å². The summed E-state index contributed by atoms with van der Waals surface area (Å²) in [6, 6.07) is 3.60. The molecule has 126 valence electrons. The van der Waals surface area contributed by atoms with Crippen LogP contribution >= 0.6 is 0 Å². The fourth-order valence-corrected chi connectivity index (χ4v) is 3.38. The zero-order valence-electron chi connectivity index (χ0n) is 13.7. The lowest BCUT2D eigenvalue weighted by Gasteiger charge is -2.37. The van der Waals surface area contributed by atoms with Crippen LogP contribution < -0.4 is 4.74 Å². The maximum Gasteiger partial charge on any atom is 0.237 e. The molecule has 0 aromatic heterocycles. The zero-order chi connectivity index (χ0) is 16.4. The molecule has 6 nitrogen and oxygen atoms in total. The summed E-state index contributed by atoms with van der Waals surface area (Å²) in [7, 11) is 1.54. The fourth-order valence-electron chi connectivity index (χ4n) is 3.38. The number of hydrogen-bond donors (Lipinski definition) is 1. The highest BCUT2D eigenvalue weighted by molar-refractivity contribution is 5.79. The first-order valence-corrected chi connectivity index (χ1v) is 8.09. The molecule has 1 aromatic carbocycles. The summed E-state index contributed by atoms with van der Waals surface area (Å²) in [5.74, 6) is 0.765. The molecular weight excluding hydrogens is 296 g/mol. The number of carbonyl (C=O) groups is 1. The number of ether oxygens (including phenoxy) is 2. The number of phenols is 1. The molecule has 23 heavy (non-hydrogen) atoms. The van der Waals surface area contributed by atoms with Gasteiger partial charge in [0.2, 0.25) is 5.91 Å². The molecule has 3 rings (SSSR count). The van der Waals surface area contributed by atoms with Crippen molar-refractivity contribution in [3.8, 4) is 11.5 Å².